The lowest BCUT2D eigenvalue weighted by atomic mass is 10.2. The molecule has 0 bridgehead atoms. The molecule has 0 saturated carbocycles. The lowest BCUT2D eigenvalue weighted by molar-refractivity contribution is -0.155. The van der Waals surface area contributed by atoms with Crippen LogP contribution in [0.15, 0.2) is 35.2 Å². The van der Waals surface area contributed by atoms with Gasteiger partial charge in [0.25, 0.3) is 0 Å². The second kappa shape index (κ2) is 6.37. The lowest BCUT2D eigenvalue weighted by Gasteiger charge is -2.20. The maximum Gasteiger partial charge on any atom is 0.307 e. The van der Waals surface area contributed by atoms with E-state index < -0.39 is 27.4 Å². The molecule has 0 fully saturated rings. The zero-order valence-corrected chi connectivity index (χ0v) is 12.8. The fourth-order valence-corrected chi connectivity index (χ4v) is 3.11. The Bertz CT molecular complexity index is 546. The van der Waals surface area contributed by atoms with Gasteiger partial charge in [0.1, 0.15) is 5.60 Å². The number of carbonyl (C=O) groups is 1. The summed E-state index contributed by atoms with van der Waals surface area (Å²) in [7, 11) is -3.48. The predicted octanol–water partition coefficient (Wildman–Crippen LogP) is 1.52. The number of rotatable bonds is 5. The average molecular weight is 299 g/mol. The highest BCUT2D eigenvalue weighted by Crippen LogP contribution is 2.13. The van der Waals surface area contributed by atoms with Gasteiger partial charge in [0.2, 0.25) is 0 Å². The number of hydrogen-bond acceptors (Lipinski definition) is 5. The number of ether oxygens (including phenoxy) is 1. The highest BCUT2D eigenvalue weighted by molar-refractivity contribution is 7.91. The summed E-state index contributed by atoms with van der Waals surface area (Å²) in [5.74, 6) is -0.774. The van der Waals surface area contributed by atoms with Crippen molar-refractivity contribution in [3.05, 3.63) is 30.3 Å². The molecule has 1 aromatic carbocycles. The molecule has 1 unspecified atom stereocenters. The van der Waals surface area contributed by atoms with Crippen molar-refractivity contribution in [2.24, 2.45) is 5.73 Å². The van der Waals surface area contributed by atoms with Crippen LogP contribution in [-0.4, -0.2) is 31.8 Å². The Morgan fingerprint density at radius 1 is 1.25 bits per heavy atom. The van der Waals surface area contributed by atoms with Crippen LogP contribution in [0.3, 0.4) is 0 Å². The van der Waals surface area contributed by atoms with E-state index in [-0.39, 0.29) is 17.1 Å². The minimum atomic E-state index is -3.48. The van der Waals surface area contributed by atoms with Gasteiger partial charge in [0.05, 0.1) is 17.1 Å². The Balaban J connectivity index is 2.63. The van der Waals surface area contributed by atoms with Gasteiger partial charge in [0, 0.05) is 6.04 Å². The van der Waals surface area contributed by atoms with E-state index in [0.29, 0.717) is 0 Å². The van der Waals surface area contributed by atoms with Crippen LogP contribution >= 0.6 is 0 Å². The van der Waals surface area contributed by atoms with Gasteiger partial charge in [-0.3, -0.25) is 4.79 Å². The Hall–Kier alpha value is -1.40. The molecule has 0 aliphatic carbocycles. The number of esters is 1. The minimum Gasteiger partial charge on any atom is -0.460 e. The molecule has 0 saturated heterocycles. The van der Waals surface area contributed by atoms with E-state index in [9.17, 15) is 13.2 Å². The summed E-state index contributed by atoms with van der Waals surface area (Å²) in [5.41, 5.74) is 5.13. The molecule has 112 valence electrons. The van der Waals surface area contributed by atoms with Crippen molar-refractivity contribution in [1.29, 1.82) is 0 Å². The molecule has 0 heterocycles. The van der Waals surface area contributed by atoms with E-state index in [2.05, 4.69) is 0 Å². The van der Waals surface area contributed by atoms with E-state index in [1.807, 2.05) is 0 Å². The summed E-state index contributed by atoms with van der Waals surface area (Å²) in [4.78, 5) is 11.8. The topological polar surface area (TPSA) is 86.5 Å². The number of benzene rings is 1. The quantitative estimate of drug-likeness (QED) is 0.833. The van der Waals surface area contributed by atoms with Gasteiger partial charge in [-0.2, -0.15) is 0 Å². The Morgan fingerprint density at radius 3 is 2.30 bits per heavy atom. The third kappa shape index (κ3) is 5.71. The molecule has 0 aromatic heterocycles. The zero-order valence-electron chi connectivity index (χ0n) is 12.0. The fraction of sp³-hybridized carbons (Fsp3) is 0.500. The normalized spacial score (nSPS) is 13.8. The average Bonchev–Trinajstić information content (AvgIpc) is 2.26. The van der Waals surface area contributed by atoms with E-state index in [0.717, 1.165) is 0 Å². The first-order valence-corrected chi connectivity index (χ1v) is 8.00. The van der Waals surface area contributed by atoms with Crippen molar-refractivity contribution < 1.29 is 17.9 Å². The van der Waals surface area contributed by atoms with E-state index >= 15 is 0 Å². The third-order valence-electron chi connectivity index (χ3n) is 2.38. The number of nitrogens with two attached hydrogens (primary N) is 1. The van der Waals surface area contributed by atoms with Gasteiger partial charge < -0.3 is 10.5 Å². The Morgan fingerprint density at radius 2 is 1.80 bits per heavy atom. The van der Waals surface area contributed by atoms with Crippen molar-refractivity contribution in [3.63, 3.8) is 0 Å². The van der Waals surface area contributed by atoms with Crippen LogP contribution in [0.25, 0.3) is 0 Å². The van der Waals surface area contributed by atoms with Crippen molar-refractivity contribution in [2.45, 2.75) is 43.7 Å². The van der Waals surface area contributed by atoms with Gasteiger partial charge in [-0.15, -0.1) is 0 Å². The van der Waals surface area contributed by atoms with Crippen molar-refractivity contribution >= 4 is 15.8 Å². The molecule has 1 atom stereocenters. The van der Waals surface area contributed by atoms with Gasteiger partial charge in [0.15, 0.2) is 9.84 Å². The van der Waals surface area contributed by atoms with Crippen LogP contribution in [0.1, 0.15) is 27.2 Å². The molecule has 20 heavy (non-hydrogen) atoms. The van der Waals surface area contributed by atoms with Crippen LogP contribution in [0, 0.1) is 0 Å². The first-order chi connectivity index (χ1) is 9.10. The highest BCUT2D eigenvalue weighted by atomic mass is 32.2. The SMILES string of the molecule is CC(C)(C)OC(=O)CC(N)CS(=O)(=O)c1ccccc1. The number of sulfone groups is 1. The van der Waals surface area contributed by atoms with Crippen LogP contribution < -0.4 is 5.73 Å². The van der Waals surface area contributed by atoms with Crippen molar-refractivity contribution in [3.8, 4) is 0 Å². The molecule has 1 aromatic rings. The third-order valence-corrected chi connectivity index (χ3v) is 4.24. The van der Waals surface area contributed by atoms with E-state index in [1.54, 1.807) is 39.0 Å². The summed E-state index contributed by atoms with van der Waals surface area (Å²) >= 11 is 0. The minimum absolute atomic E-state index is 0.122. The van der Waals surface area contributed by atoms with Gasteiger partial charge in [-0.1, -0.05) is 18.2 Å². The van der Waals surface area contributed by atoms with Crippen LogP contribution in [0.5, 0.6) is 0 Å². The monoisotopic (exact) mass is 299 g/mol. The summed E-state index contributed by atoms with van der Waals surface area (Å²) in [5, 5.41) is 0. The summed E-state index contributed by atoms with van der Waals surface area (Å²) < 4.78 is 29.3. The Labute approximate surface area is 120 Å². The standard InChI is InChI=1S/C14H21NO4S/c1-14(2,3)19-13(16)9-11(15)10-20(17,18)12-7-5-4-6-8-12/h4-8,11H,9-10,15H2,1-3H3. The molecule has 0 radical (unpaired) electrons. The van der Waals surface area contributed by atoms with E-state index in [4.69, 9.17) is 10.5 Å². The predicted molar refractivity (Wildman–Crippen MR) is 76.9 cm³/mol. The summed E-state index contributed by atoms with van der Waals surface area (Å²) in [6.45, 7) is 5.24. The summed E-state index contributed by atoms with van der Waals surface area (Å²) in [6, 6.07) is 7.26. The second-order valence-corrected chi connectivity index (χ2v) is 7.68. The molecule has 0 amide bonds. The number of hydrogen-bond donors (Lipinski definition) is 1. The second-order valence-electron chi connectivity index (χ2n) is 5.65. The van der Waals surface area contributed by atoms with E-state index in [1.165, 1.54) is 12.1 Å². The lowest BCUT2D eigenvalue weighted by Crippen LogP contribution is -2.34. The van der Waals surface area contributed by atoms with Crippen LogP contribution in [-0.2, 0) is 19.4 Å². The van der Waals surface area contributed by atoms with Crippen LogP contribution in [0.4, 0.5) is 0 Å². The molecule has 0 aliphatic rings. The van der Waals surface area contributed by atoms with Crippen molar-refractivity contribution in [1.82, 2.24) is 0 Å². The number of carbonyl (C=O) groups excluding carboxylic acids is 1. The first-order valence-electron chi connectivity index (χ1n) is 6.35. The zero-order chi connectivity index (χ0) is 15.4. The molecule has 1 rings (SSSR count). The van der Waals surface area contributed by atoms with Gasteiger partial charge in [-0.05, 0) is 32.9 Å². The van der Waals surface area contributed by atoms with Gasteiger partial charge >= 0.3 is 5.97 Å². The molecule has 5 nitrogen and oxygen atoms in total. The molecule has 0 aliphatic heterocycles. The maximum absolute atomic E-state index is 12.1. The molecule has 2 N–H and O–H groups in total. The molecular weight excluding hydrogens is 278 g/mol. The maximum atomic E-state index is 12.1. The largest absolute Gasteiger partial charge is 0.460 e. The van der Waals surface area contributed by atoms with Gasteiger partial charge in [-0.25, -0.2) is 8.42 Å². The van der Waals surface area contributed by atoms with Crippen LogP contribution in [0.2, 0.25) is 0 Å². The first kappa shape index (κ1) is 16.7. The summed E-state index contributed by atoms with van der Waals surface area (Å²) in [6.07, 6.45) is -0.122. The van der Waals surface area contributed by atoms with Crippen molar-refractivity contribution in [2.75, 3.05) is 5.75 Å². The Kier molecular flexibility index (Phi) is 5.30. The smallest absolute Gasteiger partial charge is 0.307 e. The highest BCUT2D eigenvalue weighted by Gasteiger charge is 2.23. The molecular formula is C14H21NO4S. The molecule has 6 heteroatoms. The molecule has 0 spiro atoms. The fourth-order valence-electron chi connectivity index (χ4n) is 1.66.